The minimum atomic E-state index is -0.370. The van der Waals surface area contributed by atoms with Gasteiger partial charge in [0.25, 0.3) is 0 Å². The molecule has 2 aromatic heterocycles. The van der Waals surface area contributed by atoms with Gasteiger partial charge in [-0.15, -0.1) is 0 Å². The van der Waals surface area contributed by atoms with Crippen molar-refractivity contribution in [3.05, 3.63) is 30.5 Å². The Morgan fingerprint density at radius 3 is 2.60 bits per heavy atom. The summed E-state index contributed by atoms with van der Waals surface area (Å²) in [4.78, 5) is 3.86. The van der Waals surface area contributed by atoms with Crippen LogP contribution in [0.25, 0.3) is 11.3 Å². The molecular formula is C15H19FN4. The number of nitrogen functional groups attached to an aromatic ring is 1. The standard InChI is InChI=1S/C15H19FN4/c16-12-7-11(8-18-9-12)15-14(17)10-20(19-15)13-5-3-1-2-4-6-13/h7-10,13H,1-6,17H2. The van der Waals surface area contributed by atoms with Gasteiger partial charge >= 0.3 is 0 Å². The Morgan fingerprint density at radius 1 is 1.15 bits per heavy atom. The first-order valence-corrected chi connectivity index (χ1v) is 7.19. The molecule has 20 heavy (non-hydrogen) atoms. The van der Waals surface area contributed by atoms with Gasteiger partial charge in [-0.3, -0.25) is 9.67 Å². The summed E-state index contributed by atoms with van der Waals surface area (Å²) in [6, 6.07) is 1.83. The summed E-state index contributed by atoms with van der Waals surface area (Å²) >= 11 is 0. The third kappa shape index (κ3) is 2.66. The maximum Gasteiger partial charge on any atom is 0.142 e. The summed E-state index contributed by atoms with van der Waals surface area (Å²) in [5.41, 5.74) is 7.88. The lowest BCUT2D eigenvalue weighted by molar-refractivity contribution is 0.406. The number of rotatable bonds is 2. The molecule has 1 saturated carbocycles. The van der Waals surface area contributed by atoms with E-state index < -0.39 is 0 Å². The van der Waals surface area contributed by atoms with Crippen molar-refractivity contribution in [2.45, 2.75) is 44.6 Å². The van der Waals surface area contributed by atoms with E-state index in [1.807, 2.05) is 10.9 Å². The molecule has 0 unspecified atom stereocenters. The van der Waals surface area contributed by atoms with E-state index in [0.717, 1.165) is 12.8 Å². The van der Waals surface area contributed by atoms with Crippen LogP contribution in [0.1, 0.15) is 44.6 Å². The fourth-order valence-corrected chi connectivity index (χ4v) is 2.88. The number of aromatic nitrogens is 3. The molecule has 0 saturated heterocycles. The van der Waals surface area contributed by atoms with Crippen LogP contribution in [-0.2, 0) is 0 Å². The zero-order valence-corrected chi connectivity index (χ0v) is 11.4. The van der Waals surface area contributed by atoms with Crippen molar-refractivity contribution in [3.63, 3.8) is 0 Å². The first-order chi connectivity index (χ1) is 9.74. The Balaban J connectivity index is 1.90. The summed E-state index contributed by atoms with van der Waals surface area (Å²) in [6.45, 7) is 0. The van der Waals surface area contributed by atoms with E-state index in [0.29, 0.717) is 23.0 Å². The molecule has 0 amide bonds. The minimum absolute atomic E-state index is 0.370. The van der Waals surface area contributed by atoms with Gasteiger partial charge in [0.2, 0.25) is 0 Å². The van der Waals surface area contributed by atoms with Gasteiger partial charge in [0.15, 0.2) is 0 Å². The second kappa shape index (κ2) is 5.61. The van der Waals surface area contributed by atoms with Gasteiger partial charge in [-0.25, -0.2) is 4.39 Å². The topological polar surface area (TPSA) is 56.7 Å². The Bertz CT molecular complexity index is 585. The normalized spacial score (nSPS) is 17.1. The van der Waals surface area contributed by atoms with Crippen molar-refractivity contribution < 1.29 is 4.39 Å². The number of halogens is 1. The number of hydrogen-bond donors (Lipinski definition) is 1. The van der Waals surface area contributed by atoms with Crippen molar-refractivity contribution in [1.82, 2.24) is 14.8 Å². The number of hydrogen-bond acceptors (Lipinski definition) is 3. The molecule has 3 rings (SSSR count). The highest BCUT2D eigenvalue weighted by Crippen LogP contribution is 2.30. The van der Waals surface area contributed by atoms with E-state index in [1.54, 1.807) is 6.20 Å². The SMILES string of the molecule is Nc1cn(C2CCCCCC2)nc1-c1cncc(F)c1. The average molecular weight is 274 g/mol. The van der Waals surface area contributed by atoms with Gasteiger partial charge in [-0.1, -0.05) is 25.7 Å². The van der Waals surface area contributed by atoms with Crippen LogP contribution in [0, 0.1) is 5.82 Å². The third-order valence-electron chi connectivity index (χ3n) is 3.94. The van der Waals surface area contributed by atoms with Crippen molar-refractivity contribution in [2.75, 3.05) is 5.73 Å². The van der Waals surface area contributed by atoms with E-state index in [2.05, 4.69) is 10.1 Å². The summed E-state index contributed by atoms with van der Waals surface area (Å²) in [5, 5.41) is 4.57. The van der Waals surface area contributed by atoms with Crippen LogP contribution in [-0.4, -0.2) is 14.8 Å². The Morgan fingerprint density at radius 2 is 1.90 bits per heavy atom. The van der Waals surface area contributed by atoms with Crippen molar-refractivity contribution in [3.8, 4) is 11.3 Å². The van der Waals surface area contributed by atoms with Crippen LogP contribution >= 0.6 is 0 Å². The molecule has 5 heteroatoms. The number of pyridine rings is 1. The van der Waals surface area contributed by atoms with Crippen LogP contribution in [0.4, 0.5) is 10.1 Å². The molecule has 0 aromatic carbocycles. The van der Waals surface area contributed by atoms with E-state index in [9.17, 15) is 4.39 Å². The largest absolute Gasteiger partial charge is 0.396 e. The predicted molar refractivity (Wildman–Crippen MR) is 76.6 cm³/mol. The molecule has 4 nitrogen and oxygen atoms in total. The van der Waals surface area contributed by atoms with Crippen LogP contribution in [0.5, 0.6) is 0 Å². The van der Waals surface area contributed by atoms with Crippen LogP contribution in [0.3, 0.4) is 0 Å². The molecular weight excluding hydrogens is 255 g/mol. The molecule has 0 aliphatic heterocycles. The molecule has 1 fully saturated rings. The van der Waals surface area contributed by atoms with E-state index in [1.165, 1.54) is 37.9 Å². The first kappa shape index (κ1) is 13.1. The van der Waals surface area contributed by atoms with Crippen LogP contribution in [0.15, 0.2) is 24.7 Å². The summed E-state index contributed by atoms with van der Waals surface area (Å²) in [5.74, 6) is -0.370. The lowest BCUT2D eigenvalue weighted by atomic mass is 10.1. The van der Waals surface area contributed by atoms with E-state index in [-0.39, 0.29) is 5.82 Å². The first-order valence-electron chi connectivity index (χ1n) is 7.19. The lowest BCUT2D eigenvalue weighted by Crippen LogP contribution is -2.08. The third-order valence-corrected chi connectivity index (χ3v) is 3.94. The molecule has 0 spiro atoms. The quantitative estimate of drug-likeness (QED) is 0.852. The highest BCUT2D eigenvalue weighted by Gasteiger charge is 2.18. The van der Waals surface area contributed by atoms with Crippen LogP contribution in [0.2, 0.25) is 0 Å². The zero-order chi connectivity index (χ0) is 13.9. The summed E-state index contributed by atoms with van der Waals surface area (Å²) in [6.07, 6.45) is 12.0. The molecule has 0 atom stereocenters. The second-order valence-corrected chi connectivity index (χ2v) is 5.45. The second-order valence-electron chi connectivity index (χ2n) is 5.45. The molecule has 0 bridgehead atoms. The Labute approximate surface area is 117 Å². The monoisotopic (exact) mass is 274 g/mol. The van der Waals surface area contributed by atoms with Gasteiger partial charge in [0.05, 0.1) is 17.9 Å². The van der Waals surface area contributed by atoms with Gasteiger partial charge in [-0.05, 0) is 18.9 Å². The molecule has 2 heterocycles. The average Bonchev–Trinajstić information content (AvgIpc) is 2.65. The Hall–Kier alpha value is -1.91. The summed E-state index contributed by atoms with van der Waals surface area (Å²) in [7, 11) is 0. The zero-order valence-electron chi connectivity index (χ0n) is 11.4. The smallest absolute Gasteiger partial charge is 0.142 e. The van der Waals surface area contributed by atoms with Crippen molar-refractivity contribution >= 4 is 5.69 Å². The van der Waals surface area contributed by atoms with Gasteiger partial charge in [0, 0.05) is 18.0 Å². The van der Waals surface area contributed by atoms with Gasteiger partial charge < -0.3 is 5.73 Å². The predicted octanol–water partition coefficient (Wildman–Crippen LogP) is 3.56. The fraction of sp³-hybridized carbons (Fsp3) is 0.467. The highest BCUT2D eigenvalue weighted by atomic mass is 19.1. The van der Waals surface area contributed by atoms with E-state index in [4.69, 9.17) is 5.73 Å². The van der Waals surface area contributed by atoms with E-state index >= 15 is 0 Å². The van der Waals surface area contributed by atoms with Gasteiger partial charge in [-0.2, -0.15) is 5.10 Å². The van der Waals surface area contributed by atoms with Crippen molar-refractivity contribution in [1.29, 1.82) is 0 Å². The molecule has 1 aliphatic carbocycles. The maximum absolute atomic E-state index is 13.3. The van der Waals surface area contributed by atoms with Gasteiger partial charge in [0.1, 0.15) is 11.5 Å². The maximum atomic E-state index is 13.3. The number of nitrogens with two attached hydrogens (primary N) is 1. The molecule has 106 valence electrons. The molecule has 1 aliphatic rings. The highest BCUT2D eigenvalue weighted by molar-refractivity contribution is 5.71. The van der Waals surface area contributed by atoms with Crippen LogP contribution < -0.4 is 5.73 Å². The number of nitrogens with zero attached hydrogens (tertiary/aromatic N) is 3. The fourth-order valence-electron chi connectivity index (χ4n) is 2.88. The molecule has 2 N–H and O–H groups in total. The molecule has 2 aromatic rings. The summed E-state index contributed by atoms with van der Waals surface area (Å²) < 4.78 is 15.2. The minimum Gasteiger partial charge on any atom is -0.396 e. The Kier molecular flexibility index (Phi) is 3.67. The lowest BCUT2D eigenvalue weighted by Gasteiger charge is -2.14. The number of anilines is 1. The molecule has 0 radical (unpaired) electrons. The van der Waals surface area contributed by atoms with Crippen molar-refractivity contribution in [2.24, 2.45) is 0 Å².